The molecular weight excluding hydrogens is 454 g/mol. The number of nitrogens with zero attached hydrogens (tertiary/aromatic N) is 3. The number of fused-ring (bicyclic) bond motifs is 3. The van der Waals surface area contributed by atoms with Crippen molar-refractivity contribution < 1.29 is 22.7 Å². The first-order chi connectivity index (χ1) is 16.4. The highest BCUT2D eigenvalue weighted by molar-refractivity contribution is 7.91. The molecule has 3 heterocycles. The van der Waals surface area contributed by atoms with E-state index in [1.165, 1.54) is 0 Å². The van der Waals surface area contributed by atoms with Crippen molar-refractivity contribution in [2.24, 2.45) is 0 Å². The van der Waals surface area contributed by atoms with E-state index in [0.29, 0.717) is 27.3 Å². The molecule has 3 aromatic rings. The molecule has 178 valence electrons. The molecule has 0 bridgehead atoms. The van der Waals surface area contributed by atoms with E-state index >= 15 is 0 Å². The van der Waals surface area contributed by atoms with Crippen molar-refractivity contribution in [1.29, 1.82) is 0 Å². The second kappa shape index (κ2) is 8.98. The lowest BCUT2D eigenvalue weighted by Crippen LogP contribution is -2.35. The predicted molar refractivity (Wildman–Crippen MR) is 127 cm³/mol. The molecule has 9 heteroatoms. The zero-order valence-corrected chi connectivity index (χ0v) is 20.1. The number of ether oxygens (including phenoxy) is 2. The summed E-state index contributed by atoms with van der Waals surface area (Å²) in [6, 6.07) is 13.4. The summed E-state index contributed by atoms with van der Waals surface area (Å²) >= 11 is 0. The maximum absolute atomic E-state index is 13.2. The first kappa shape index (κ1) is 22.8. The summed E-state index contributed by atoms with van der Waals surface area (Å²) in [4.78, 5) is 15.4. The highest BCUT2D eigenvalue weighted by Crippen LogP contribution is 2.42. The van der Waals surface area contributed by atoms with Crippen LogP contribution in [0.5, 0.6) is 0 Å². The molecule has 2 aliphatic rings. The SMILES string of the molecule is CCOC(=O)c1nn(-c2ccc(CN3CCOCC3)cc2)c2c1CS(=O)(=O)c1c(C)cccc1-2. The van der Waals surface area contributed by atoms with Crippen LogP contribution in [0.3, 0.4) is 0 Å². The molecule has 5 rings (SSSR count). The molecule has 1 aromatic heterocycles. The van der Waals surface area contributed by atoms with Crippen molar-refractivity contribution in [1.82, 2.24) is 14.7 Å². The van der Waals surface area contributed by atoms with Gasteiger partial charge in [-0.15, -0.1) is 0 Å². The Morgan fingerprint density at radius 3 is 2.56 bits per heavy atom. The number of sulfone groups is 1. The summed E-state index contributed by atoms with van der Waals surface area (Å²) in [5.41, 5.74) is 4.20. The van der Waals surface area contributed by atoms with Gasteiger partial charge in [0.05, 0.1) is 41.9 Å². The number of carbonyl (C=O) groups excluding carboxylic acids is 1. The Balaban J connectivity index is 1.61. The number of morpholine rings is 1. The normalized spacial score (nSPS) is 17.1. The Hall–Kier alpha value is -3.01. The van der Waals surface area contributed by atoms with Crippen LogP contribution in [-0.2, 0) is 31.6 Å². The van der Waals surface area contributed by atoms with Gasteiger partial charge in [-0.2, -0.15) is 5.10 Å². The molecule has 1 fully saturated rings. The third-order valence-corrected chi connectivity index (χ3v) is 8.09. The van der Waals surface area contributed by atoms with E-state index < -0.39 is 15.8 Å². The van der Waals surface area contributed by atoms with Crippen molar-refractivity contribution in [3.63, 3.8) is 0 Å². The number of hydrogen-bond donors (Lipinski definition) is 0. The van der Waals surface area contributed by atoms with Crippen molar-refractivity contribution in [3.8, 4) is 16.9 Å². The average molecular weight is 482 g/mol. The van der Waals surface area contributed by atoms with E-state index in [0.717, 1.165) is 44.1 Å². The molecule has 0 unspecified atom stereocenters. The fourth-order valence-corrected chi connectivity index (χ4v) is 6.54. The van der Waals surface area contributed by atoms with E-state index in [1.807, 2.05) is 30.3 Å². The number of benzene rings is 2. The lowest BCUT2D eigenvalue weighted by molar-refractivity contribution is 0.0342. The maximum atomic E-state index is 13.2. The van der Waals surface area contributed by atoms with Crippen LogP contribution < -0.4 is 0 Å². The quantitative estimate of drug-likeness (QED) is 0.517. The third kappa shape index (κ3) is 4.04. The molecule has 0 atom stereocenters. The summed E-state index contributed by atoms with van der Waals surface area (Å²) in [7, 11) is -3.63. The van der Waals surface area contributed by atoms with Crippen molar-refractivity contribution in [2.75, 3.05) is 32.9 Å². The van der Waals surface area contributed by atoms with Crippen LogP contribution in [-0.4, -0.2) is 62.0 Å². The summed E-state index contributed by atoms with van der Waals surface area (Å²) in [6.45, 7) is 7.81. The topological polar surface area (TPSA) is 90.7 Å². The summed E-state index contributed by atoms with van der Waals surface area (Å²) < 4.78 is 38.6. The number of carbonyl (C=O) groups is 1. The Morgan fingerprint density at radius 1 is 1.12 bits per heavy atom. The van der Waals surface area contributed by atoms with Crippen molar-refractivity contribution in [3.05, 3.63) is 64.8 Å². The highest BCUT2D eigenvalue weighted by Gasteiger charge is 2.37. The molecule has 0 saturated carbocycles. The molecular formula is C25H27N3O5S. The lowest BCUT2D eigenvalue weighted by atomic mass is 10.0. The predicted octanol–water partition coefficient (Wildman–Crippen LogP) is 3.14. The summed E-state index contributed by atoms with van der Waals surface area (Å²) in [5, 5.41) is 4.57. The van der Waals surface area contributed by atoms with Crippen LogP contribution >= 0.6 is 0 Å². The number of aromatic nitrogens is 2. The minimum atomic E-state index is -3.63. The Bertz CT molecular complexity index is 1340. The summed E-state index contributed by atoms with van der Waals surface area (Å²) in [6.07, 6.45) is 0. The van der Waals surface area contributed by atoms with E-state index in [2.05, 4.69) is 10.00 Å². The molecule has 0 radical (unpaired) electrons. The van der Waals surface area contributed by atoms with Crippen LogP contribution in [0.25, 0.3) is 16.9 Å². The van der Waals surface area contributed by atoms with Gasteiger partial charge < -0.3 is 9.47 Å². The van der Waals surface area contributed by atoms with Crippen LogP contribution in [0.2, 0.25) is 0 Å². The van der Waals surface area contributed by atoms with Crippen molar-refractivity contribution >= 4 is 15.8 Å². The van der Waals surface area contributed by atoms with Crippen LogP contribution in [0, 0.1) is 6.92 Å². The zero-order chi connectivity index (χ0) is 23.9. The molecule has 2 aromatic carbocycles. The molecule has 2 aliphatic heterocycles. The van der Waals surface area contributed by atoms with E-state index in [-0.39, 0.29) is 18.1 Å². The maximum Gasteiger partial charge on any atom is 0.359 e. The monoisotopic (exact) mass is 481 g/mol. The second-order valence-electron chi connectivity index (χ2n) is 8.57. The first-order valence-electron chi connectivity index (χ1n) is 11.4. The largest absolute Gasteiger partial charge is 0.461 e. The minimum absolute atomic E-state index is 0.0463. The van der Waals surface area contributed by atoms with Gasteiger partial charge in [0.2, 0.25) is 0 Å². The van der Waals surface area contributed by atoms with Gasteiger partial charge in [0.15, 0.2) is 15.5 Å². The van der Waals surface area contributed by atoms with Crippen LogP contribution in [0.4, 0.5) is 0 Å². The Kier molecular flexibility index (Phi) is 6.01. The number of hydrogen-bond acceptors (Lipinski definition) is 7. The smallest absolute Gasteiger partial charge is 0.359 e. The number of rotatable bonds is 5. The van der Waals surface area contributed by atoms with Gasteiger partial charge in [-0.3, -0.25) is 4.90 Å². The van der Waals surface area contributed by atoms with E-state index in [4.69, 9.17) is 9.47 Å². The Labute approximate surface area is 199 Å². The standard InChI is InChI=1S/C25H27N3O5S/c1-3-33-25(29)22-21-16-34(30,31)24-17(2)5-4-6-20(24)23(21)28(26-22)19-9-7-18(8-10-19)15-27-11-13-32-14-12-27/h4-10H,3,11-16H2,1-2H3. The molecule has 1 saturated heterocycles. The van der Waals surface area contributed by atoms with Gasteiger partial charge in [0.25, 0.3) is 0 Å². The molecule has 0 N–H and O–H groups in total. The third-order valence-electron chi connectivity index (χ3n) is 6.26. The fourth-order valence-electron chi connectivity index (χ4n) is 4.69. The van der Waals surface area contributed by atoms with Gasteiger partial charge >= 0.3 is 5.97 Å². The molecule has 8 nitrogen and oxygen atoms in total. The van der Waals surface area contributed by atoms with Crippen LogP contribution in [0.15, 0.2) is 47.4 Å². The fraction of sp³-hybridized carbons (Fsp3) is 0.360. The lowest BCUT2D eigenvalue weighted by Gasteiger charge is -2.26. The van der Waals surface area contributed by atoms with Crippen molar-refractivity contribution in [2.45, 2.75) is 31.0 Å². The van der Waals surface area contributed by atoms with Gasteiger partial charge in [0, 0.05) is 30.8 Å². The van der Waals surface area contributed by atoms with Crippen LogP contribution in [0.1, 0.15) is 34.1 Å². The molecule has 0 aliphatic carbocycles. The van der Waals surface area contributed by atoms with Gasteiger partial charge in [-0.05, 0) is 37.1 Å². The van der Waals surface area contributed by atoms with E-state index in [9.17, 15) is 13.2 Å². The van der Waals surface area contributed by atoms with E-state index in [1.54, 1.807) is 30.7 Å². The highest BCUT2D eigenvalue weighted by atomic mass is 32.2. The van der Waals surface area contributed by atoms with Gasteiger partial charge in [0.1, 0.15) is 0 Å². The number of esters is 1. The average Bonchev–Trinajstić information content (AvgIpc) is 3.19. The van der Waals surface area contributed by atoms with Gasteiger partial charge in [-0.1, -0.05) is 30.3 Å². The summed E-state index contributed by atoms with van der Waals surface area (Å²) in [5.74, 6) is -0.906. The molecule has 34 heavy (non-hydrogen) atoms. The molecule has 0 spiro atoms. The number of aryl methyl sites for hydroxylation is 1. The first-order valence-corrected chi connectivity index (χ1v) is 13.1. The Morgan fingerprint density at radius 2 is 1.85 bits per heavy atom. The minimum Gasteiger partial charge on any atom is -0.461 e. The zero-order valence-electron chi connectivity index (χ0n) is 19.3. The van der Waals surface area contributed by atoms with Gasteiger partial charge in [-0.25, -0.2) is 17.9 Å². The molecule has 0 amide bonds. The second-order valence-corrected chi connectivity index (χ2v) is 10.5.